The molecular weight excluding hydrogens is 493 g/mol. The number of halogens is 4. The molecule has 0 aliphatic rings. The summed E-state index contributed by atoms with van der Waals surface area (Å²) in [4.78, 5) is 24.7. The van der Waals surface area contributed by atoms with Gasteiger partial charge in [-0.2, -0.15) is 23.4 Å². The summed E-state index contributed by atoms with van der Waals surface area (Å²) in [6.45, 7) is 3.88. The first kappa shape index (κ1) is 23.5. The van der Waals surface area contributed by atoms with Crippen molar-refractivity contribution in [3.8, 4) is 0 Å². The molecule has 2 amide bonds. The molecule has 12 heteroatoms. The normalized spacial score (nSPS) is 11.4. The second-order valence-electron chi connectivity index (χ2n) is 6.83. The first-order valence-corrected chi connectivity index (χ1v) is 10.4. The third-order valence-electron chi connectivity index (χ3n) is 4.61. The van der Waals surface area contributed by atoms with Crippen molar-refractivity contribution in [1.82, 2.24) is 19.6 Å². The standard InChI is InChI=1S/C20H20BrF3N6O2/c1-3-29-15(7-9-25-29)19(32)27-14-6-4-5-13(11-14)26-16(31)8-10-30-12(2)17(21)18(28-30)20(22,23)24/h4-7,9,11H,3,8,10H2,1-2H3,(H,26,31)(H,27,32). The highest BCUT2D eigenvalue weighted by molar-refractivity contribution is 9.10. The maximum Gasteiger partial charge on any atom is 0.436 e. The maximum absolute atomic E-state index is 13.0. The van der Waals surface area contributed by atoms with Crippen LogP contribution in [0.25, 0.3) is 0 Å². The number of alkyl halides is 3. The van der Waals surface area contributed by atoms with Gasteiger partial charge in [-0.1, -0.05) is 6.07 Å². The first-order valence-electron chi connectivity index (χ1n) is 9.63. The van der Waals surface area contributed by atoms with Crippen molar-refractivity contribution in [3.63, 3.8) is 0 Å². The van der Waals surface area contributed by atoms with Gasteiger partial charge in [0.1, 0.15) is 5.69 Å². The smallest absolute Gasteiger partial charge is 0.326 e. The number of aromatic nitrogens is 4. The monoisotopic (exact) mass is 512 g/mol. The molecule has 0 spiro atoms. The lowest BCUT2D eigenvalue weighted by Crippen LogP contribution is -2.18. The Morgan fingerprint density at radius 1 is 1.12 bits per heavy atom. The van der Waals surface area contributed by atoms with Gasteiger partial charge in [0.2, 0.25) is 5.91 Å². The Kier molecular flexibility index (Phi) is 7.02. The molecule has 3 rings (SSSR count). The number of nitrogens with one attached hydrogen (secondary N) is 2. The van der Waals surface area contributed by atoms with E-state index in [-0.39, 0.29) is 29.0 Å². The van der Waals surface area contributed by atoms with Crippen LogP contribution in [0.3, 0.4) is 0 Å². The van der Waals surface area contributed by atoms with Crippen LogP contribution in [0, 0.1) is 6.92 Å². The van der Waals surface area contributed by atoms with Crippen molar-refractivity contribution < 1.29 is 22.8 Å². The van der Waals surface area contributed by atoms with E-state index < -0.39 is 17.8 Å². The highest BCUT2D eigenvalue weighted by Gasteiger charge is 2.37. The molecule has 2 heterocycles. The molecule has 0 fully saturated rings. The van der Waals surface area contributed by atoms with Crippen LogP contribution in [0.1, 0.15) is 35.2 Å². The minimum absolute atomic E-state index is 0.0240. The predicted molar refractivity (Wildman–Crippen MR) is 115 cm³/mol. The molecule has 0 saturated carbocycles. The zero-order valence-electron chi connectivity index (χ0n) is 17.2. The van der Waals surface area contributed by atoms with Gasteiger partial charge in [-0.15, -0.1) is 0 Å². The van der Waals surface area contributed by atoms with Gasteiger partial charge in [0.15, 0.2) is 5.69 Å². The summed E-state index contributed by atoms with van der Waals surface area (Å²) in [5.74, 6) is -0.745. The van der Waals surface area contributed by atoms with Gasteiger partial charge >= 0.3 is 6.18 Å². The summed E-state index contributed by atoms with van der Waals surface area (Å²) in [6.07, 6.45) is -3.14. The number of rotatable bonds is 7. The van der Waals surface area contributed by atoms with Gasteiger partial charge in [0.25, 0.3) is 5.91 Å². The molecule has 0 bridgehead atoms. The van der Waals surface area contributed by atoms with Gasteiger partial charge in [0.05, 0.1) is 16.7 Å². The van der Waals surface area contributed by atoms with E-state index in [9.17, 15) is 22.8 Å². The molecule has 2 N–H and O–H groups in total. The zero-order valence-corrected chi connectivity index (χ0v) is 18.8. The fourth-order valence-corrected chi connectivity index (χ4v) is 3.51. The zero-order chi connectivity index (χ0) is 23.5. The van der Waals surface area contributed by atoms with Gasteiger partial charge in [-0.25, -0.2) is 0 Å². The van der Waals surface area contributed by atoms with Crippen LogP contribution in [0.4, 0.5) is 24.5 Å². The minimum Gasteiger partial charge on any atom is -0.326 e. The molecule has 0 radical (unpaired) electrons. The molecule has 0 aliphatic carbocycles. The number of aryl methyl sites for hydroxylation is 2. The number of benzene rings is 1. The summed E-state index contributed by atoms with van der Waals surface area (Å²) in [5, 5.41) is 13.0. The second kappa shape index (κ2) is 9.55. The van der Waals surface area contributed by atoms with Gasteiger partial charge in [0, 0.05) is 30.5 Å². The molecule has 0 saturated heterocycles. The van der Waals surface area contributed by atoms with Crippen molar-refractivity contribution in [2.24, 2.45) is 0 Å². The predicted octanol–water partition coefficient (Wildman–Crippen LogP) is 4.47. The van der Waals surface area contributed by atoms with Crippen LogP contribution in [-0.4, -0.2) is 31.4 Å². The van der Waals surface area contributed by atoms with Crippen molar-refractivity contribution in [2.75, 3.05) is 10.6 Å². The summed E-state index contributed by atoms with van der Waals surface area (Å²) < 4.78 is 41.5. The molecule has 8 nitrogen and oxygen atoms in total. The molecule has 0 aliphatic heterocycles. The topological polar surface area (TPSA) is 93.8 Å². The Labute approximate surface area is 189 Å². The van der Waals surface area contributed by atoms with Crippen molar-refractivity contribution in [3.05, 3.63) is 58.1 Å². The van der Waals surface area contributed by atoms with Gasteiger partial charge in [-0.3, -0.25) is 19.0 Å². The van der Waals surface area contributed by atoms with E-state index in [1.54, 1.807) is 35.0 Å². The Morgan fingerprint density at radius 3 is 2.44 bits per heavy atom. The van der Waals surface area contributed by atoms with E-state index in [0.29, 0.717) is 23.6 Å². The third kappa shape index (κ3) is 5.36. The molecule has 3 aromatic rings. The molecule has 32 heavy (non-hydrogen) atoms. The van der Waals surface area contributed by atoms with E-state index in [1.165, 1.54) is 13.1 Å². The number of hydrogen-bond donors (Lipinski definition) is 2. The average molecular weight is 513 g/mol. The number of nitrogens with zero attached hydrogens (tertiary/aromatic N) is 4. The maximum atomic E-state index is 13.0. The molecule has 0 atom stereocenters. The molecule has 2 aromatic heterocycles. The van der Waals surface area contributed by atoms with E-state index in [0.717, 1.165) is 4.68 Å². The molecule has 170 valence electrons. The van der Waals surface area contributed by atoms with Crippen LogP contribution in [-0.2, 0) is 24.1 Å². The number of carbonyl (C=O) groups excluding carboxylic acids is 2. The average Bonchev–Trinajstić information content (AvgIpc) is 3.32. The van der Waals surface area contributed by atoms with E-state index >= 15 is 0 Å². The quantitative estimate of drug-likeness (QED) is 0.488. The van der Waals surface area contributed by atoms with E-state index in [2.05, 4.69) is 36.8 Å². The van der Waals surface area contributed by atoms with Crippen molar-refractivity contribution >= 4 is 39.1 Å². The Morgan fingerprint density at radius 2 is 1.81 bits per heavy atom. The van der Waals surface area contributed by atoms with E-state index in [4.69, 9.17) is 0 Å². The summed E-state index contributed by atoms with van der Waals surface area (Å²) in [6, 6.07) is 8.15. The lowest BCUT2D eigenvalue weighted by atomic mass is 10.2. The Balaban J connectivity index is 1.61. The Bertz CT molecular complexity index is 1140. The van der Waals surface area contributed by atoms with Crippen LogP contribution < -0.4 is 10.6 Å². The number of hydrogen-bond acceptors (Lipinski definition) is 4. The lowest BCUT2D eigenvalue weighted by Gasteiger charge is -2.10. The van der Waals surface area contributed by atoms with Gasteiger partial charge in [-0.05, 0) is 54.0 Å². The molecule has 1 aromatic carbocycles. The number of carbonyl (C=O) groups is 2. The van der Waals surface area contributed by atoms with Crippen LogP contribution in [0.15, 0.2) is 41.0 Å². The molecular formula is C20H20BrF3N6O2. The highest BCUT2D eigenvalue weighted by atomic mass is 79.9. The second-order valence-corrected chi connectivity index (χ2v) is 7.63. The van der Waals surface area contributed by atoms with Crippen LogP contribution in [0.5, 0.6) is 0 Å². The third-order valence-corrected chi connectivity index (χ3v) is 5.55. The number of amides is 2. The van der Waals surface area contributed by atoms with Gasteiger partial charge < -0.3 is 10.6 Å². The fourth-order valence-electron chi connectivity index (χ4n) is 3.00. The summed E-state index contributed by atoms with van der Waals surface area (Å²) in [5.41, 5.74) is 0.565. The SMILES string of the molecule is CCn1nccc1C(=O)Nc1cccc(NC(=O)CCn2nc(C(F)(F)F)c(Br)c2C)c1. The summed E-state index contributed by atoms with van der Waals surface area (Å²) in [7, 11) is 0. The fraction of sp³-hybridized carbons (Fsp3) is 0.300. The first-order chi connectivity index (χ1) is 15.1. The highest BCUT2D eigenvalue weighted by Crippen LogP contribution is 2.35. The number of anilines is 2. The van der Waals surface area contributed by atoms with Crippen LogP contribution in [0.2, 0.25) is 0 Å². The molecule has 0 unspecified atom stereocenters. The lowest BCUT2D eigenvalue weighted by molar-refractivity contribution is -0.142. The van der Waals surface area contributed by atoms with Crippen molar-refractivity contribution in [1.29, 1.82) is 0 Å². The van der Waals surface area contributed by atoms with E-state index in [1.807, 2.05) is 6.92 Å². The minimum atomic E-state index is -4.59. The summed E-state index contributed by atoms with van der Waals surface area (Å²) >= 11 is 2.90. The largest absolute Gasteiger partial charge is 0.436 e. The van der Waals surface area contributed by atoms with Crippen molar-refractivity contribution in [2.45, 2.75) is 39.5 Å². The Hall–Kier alpha value is -3.15. The van der Waals surface area contributed by atoms with Crippen LogP contribution >= 0.6 is 15.9 Å².